The van der Waals surface area contributed by atoms with E-state index in [1.165, 1.54) is 22.9 Å². The average molecular weight is 247 g/mol. The smallest absolute Gasteiger partial charge is 0.336 e. The molecule has 4 nitrogen and oxygen atoms in total. The molecular formula is C13H10FNO3. The van der Waals surface area contributed by atoms with Crippen LogP contribution < -0.4 is 5.56 Å². The summed E-state index contributed by atoms with van der Waals surface area (Å²) in [7, 11) is 0. The fourth-order valence-corrected chi connectivity index (χ4v) is 1.68. The first kappa shape index (κ1) is 12.0. The van der Waals surface area contributed by atoms with Crippen molar-refractivity contribution in [1.82, 2.24) is 4.57 Å². The van der Waals surface area contributed by atoms with Gasteiger partial charge in [-0.25, -0.2) is 9.18 Å². The average Bonchev–Trinajstić information content (AvgIpc) is 2.32. The normalized spacial score (nSPS) is 10.3. The maximum atomic E-state index is 13.1. The van der Waals surface area contributed by atoms with Gasteiger partial charge in [0.1, 0.15) is 5.82 Å². The highest BCUT2D eigenvalue weighted by molar-refractivity contribution is 5.89. The predicted octanol–water partition coefficient (Wildman–Crippen LogP) is 1.73. The highest BCUT2D eigenvalue weighted by atomic mass is 19.1. The number of carboxylic acid groups (broad SMARTS) is 1. The third kappa shape index (κ3) is 2.45. The Morgan fingerprint density at radius 2 is 2.06 bits per heavy atom. The van der Waals surface area contributed by atoms with Crippen LogP contribution in [0.3, 0.4) is 0 Å². The summed E-state index contributed by atoms with van der Waals surface area (Å²) >= 11 is 0. The molecule has 1 aromatic heterocycles. The van der Waals surface area contributed by atoms with Crippen LogP contribution >= 0.6 is 0 Å². The molecule has 0 aliphatic carbocycles. The Bertz CT molecular complexity index is 649. The molecule has 0 saturated heterocycles. The second kappa shape index (κ2) is 4.83. The lowest BCUT2D eigenvalue weighted by molar-refractivity contribution is 0.0695. The zero-order chi connectivity index (χ0) is 13.1. The largest absolute Gasteiger partial charge is 0.478 e. The van der Waals surface area contributed by atoms with Crippen molar-refractivity contribution >= 4 is 5.97 Å². The van der Waals surface area contributed by atoms with Crippen molar-refractivity contribution in [3.8, 4) is 0 Å². The molecule has 92 valence electrons. The Kier molecular flexibility index (Phi) is 3.23. The topological polar surface area (TPSA) is 59.3 Å². The lowest BCUT2D eigenvalue weighted by atomic mass is 10.1. The van der Waals surface area contributed by atoms with E-state index in [4.69, 9.17) is 5.11 Å². The van der Waals surface area contributed by atoms with Crippen molar-refractivity contribution in [2.24, 2.45) is 0 Å². The predicted molar refractivity (Wildman–Crippen MR) is 63.2 cm³/mol. The molecule has 0 aliphatic heterocycles. The van der Waals surface area contributed by atoms with E-state index in [1.807, 2.05) is 0 Å². The van der Waals surface area contributed by atoms with E-state index in [1.54, 1.807) is 12.1 Å². The van der Waals surface area contributed by atoms with Gasteiger partial charge in [0.15, 0.2) is 0 Å². The van der Waals surface area contributed by atoms with Crippen LogP contribution in [0.2, 0.25) is 0 Å². The molecule has 2 aromatic rings. The number of carboxylic acids is 1. The van der Waals surface area contributed by atoms with Crippen molar-refractivity contribution in [3.63, 3.8) is 0 Å². The molecule has 0 amide bonds. The van der Waals surface area contributed by atoms with Crippen LogP contribution in [0.4, 0.5) is 4.39 Å². The summed E-state index contributed by atoms with van der Waals surface area (Å²) in [6.45, 7) is 0.0269. The zero-order valence-electron chi connectivity index (χ0n) is 9.34. The first-order valence-electron chi connectivity index (χ1n) is 5.25. The summed E-state index contributed by atoms with van der Waals surface area (Å²) in [6, 6.07) is 8.01. The number of aromatic nitrogens is 1. The summed E-state index contributed by atoms with van der Waals surface area (Å²) in [5, 5.41) is 8.99. The highest BCUT2D eigenvalue weighted by Gasteiger charge is 2.11. The maximum absolute atomic E-state index is 13.1. The van der Waals surface area contributed by atoms with Crippen LogP contribution in [0.1, 0.15) is 15.9 Å². The minimum atomic E-state index is -1.14. The molecule has 1 N–H and O–H groups in total. The lowest BCUT2D eigenvalue weighted by Gasteiger charge is -2.08. The monoisotopic (exact) mass is 247 g/mol. The van der Waals surface area contributed by atoms with Gasteiger partial charge in [0.2, 0.25) is 0 Å². The van der Waals surface area contributed by atoms with Gasteiger partial charge in [0.25, 0.3) is 5.56 Å². The van der Waals surface area contributed by atoms with Gasteiger partial charge in [-0.1, -0.05) is 6.07 Å². The van der Waals surface area contributed by atoms with Crippen molar-refractivity contribution in [2.45, 2.75) is 6.54 Å². The summed E-state index contributed by atoms with van der Waals surface area (Å²) < 4.78 is 14.5. The van der Waals surface area contributed by atoms with Crippen LogP contribution in [0.5, 0.6) is 0 Å². The maximum Gasteiger partial charge on any atom is 0.336 e. The number of nitrogens with zero attached hydrogens (tertiary/aromatic N) is 1. The van der Waals surface area contributed by atoms with E-state index in [2.05, 4.69) is 0 Å². The van der Waals surface area contributed by atoms with Gasteiger partial charge in [-0.3, -0.25) is 4.79 Å². The number of aromatic carboxylic acids is 1. The number of hydrogen-bond donors (Lipinski definition) is 1. The molecule has 0 radical (unpaired) electrons. The third-order valence-electron chi connectivity index (χ3n) is 2.54. The minimum absolute atomic E-state index is 0.00727. The number of carbonyl (C=O) groups is 1. The Morgan fingerprint density at radius 1 is 1.28 bits per heavy atom. The van der Waals surface area contributed by atoms with Crippen LogP contribution in [-0.4, -0.2) is 15.6 Å². The van der Waals surface area contributed by atoms with Crippen molar-refractivity contribution in [1.29, 1.82) is 0 Å². The Labute approximate surface area is 102 Å². The van der Waals surface area contributed by atoms with E-state index in [0.717, 1.165) is 12.1 Å². The molecule has 0 fully saturated rings. The molecular weight excluding hydrogens is 237 g/mol. The van der Waals surface area contributed by atoms with E-state index >= 15 is 0 Å². The second-order valence-corrected chi connectivity index (χ2v) is 3.77. The van der Waals surface area contributed by atoms with E-state index in [-0.39, 0.29) is 23.2 Å². The third-order valence-corrected chi connectivity index (χ3v) is 2.54. The van der Waals surface area contributed by atoms with Gasteiger partial charge >= 0.3 is 5.97 Å². The Hall–Kier alpha value is -2.43. The summed E-state index contributed by atoms with van der Waals surface area (Å²) in [5.41, 5.74) is -0.0129. The molecule has 0 bridgehead atoms. The van der Waals surface area contributed by atoms with Crippen molar-refractivity contribution in [2.75, 3.05) is 0 Å². The molecule has 0 spiro atoms. The molecule has 0 unspecified atom stereocenters. The van der Waals surface area contributed by atoms with Crippen molar-refractivity contribution in [3.05, 3.63) is 69.9 Å². The van der Waals surface area contributed by atoms with Crippen LogP contribution in [-0.2, 0) is 6.54 Å². The fraction of sp³-hybridized carbons (Fsp3) is 0.0769. The number of benzene rings is 1. The Morgan fingerprint density at radius 3 is 2.72 bits per heavy atom. The molecule has 0 atom stereocenters. The van der Waals surface area contributed by atoms with Crippen LogP contribution in [0, 0.1) is 5.82 Å². The summed E-state index contributed by atoms with van der Waals surface area (Å²) in [6.07, 6.45) is 1.53. The molecule has 1 aromatic carbocycles. The van der Waals surface area contributed by atoms with Crippen LogP contribution in [0.25, 0.3) is 0 Å². The van der Waals surface area contributed by atoms with Gasteiger partial charge in [-0.15, -0.1) is 0 Å². The molecule has 1 heterocycles. The molecule has 0 saturated carbocycles. The Balaban J connectivity index is 2.46. The summed E-state index contributed by atoms with van der Waals surface area (Å²) in [4.78, 5) is 22.5. The van der Waals surface area contributed by atoms with Gasteiger partial charge in [-0.05, 0) is 29.8 Å². The number of hydrogen-bond acceptors (Lipinski definition) is 2. The molecule has 5 heteroatoms. The van der Waals surface area contributed by atoms with Gasteiger partial charge in [-0.2, -0.15) is 0 Å². The SMILES string of the molecule is O=C(O)c1ccc(F)cc1Cn1ccccc1=O. The second-order valence-electron chi connectivity index (χ2n) is 3.77. The first-order valence-corrected chi connectivity index (χ1v) is 5.25. The number of pyridine rings is 1. The standard InChI is InChI=1S/C13H10FNO3/c14-10-4-5-11(13(17)18)9(7-10)8-15-6-2-1-3-12(15)16/h1-7H,8H2,(H,17,18). The minimum Gasteiger partial charge on any atom is -0.478 e. The van der Waals surface area contributed by atoms with Crippen LogP contribution in [0.15, 0.2) is 47.4 Å². The zero-order valence-corrected chi connectivity index (χ0v) is 9.34. The first-order chi connectivity index (χ1) is 8.58. The molecule has 0 aliphatic rings. The highest BCUT2D eigenvalue weighted by Crippen LogP contribution is 2.12. The number of rotatable bonds is 3. The molecule has 18 heavy (non-hydrogen) atoms. The number of halogens is 1. The summed E-state index contributed by atoms with van der Waals surface area (Å²) in [5.74, 6) is -1.67. The van der Waals surface area contributed by atoms with E-state index in [9.17, 15) is 14.0 Å². The van der Waals surface area contributed by atoms with Crippen molar-refractivity contribution < 1.29 is 14.3 Å². The quantitative estimate of drug-likeness (QED) is 0.898. The van der Waals surface area contributed by atoms with Gasteiger partial charge in [0, 0.05) is 12.3 Å². The molecule has 2 rings (SSSR count). The lowest BCUT2D eigenvalue weighted by Crippen LogP contribution is -2.19. The van der Waals surface area contributed by atoms with E-state index in [0.29, 0.717) is 0 Å². The fourth-order valence-electron chi connectivity index (χ4n) is 1.68. The van der Waals surface area contributed by atoms with E-state index < -0.39 is 11.8 Å². The van der Waals surface area contributed by atoms with Gasteiger partial charge in [0.05, 0.1) is 12.1 Å². The van der Waals surface area contributed by atoms with Gasteiger partial charge < -0.3 is 9.67 Å².